The molecule has 0 saturated carbocycles. The second-order valence-corrected chi connectivity index (χ2v) is 9.19. The summed E-state index contributed by atoms with van der Waals surface area (Å²) in [6, 6.07) is 12.7. The van der Waals surface area contributed by atoms with E-state index < -0.39 is 20.1 Å². The van der Waals surface area contributed by atoms with E-state index in [-0.39, 0.29) is 22.9 Å². The summed E-state index contributed by atoms with van der Waals surface area (Å²) in [4.78, 5) is 4.10. The van der Waals surface area contributed by atoms with Crippen LogP contribution in [0.2, 0.25) is 0 Å². The number of rotatable bonds is 7. The number of nitrogens with one attached hydrogen (secondary N) is 1. The maximum absolute atomic E-state index is 12.5. The number of nitrogens with zero attached hydrogens (tertiary/aromatic N) is 1. The first-order chi connectivity index (χ1) is 12.8. The normalized spacial score (nSPS) is 12.3. The van der Waals surface area contributed by atoms with Crippen molar-refractivity contribution in [1.82, 2.24) is 9.71 Å². The zero-order valence-corrected chi connectivity index (χ0v) is 16.1. The molecule has 0 radical (unpaired) electrons. The number of benzene rings is 2. The van der Waals surface area contributed by atoms with Crippen LogP contribution in [0.5, 0.6) is 0 Å². The molecule has 1 heterocycles. The number of aromatic nitrogens is 1. The number of fused-ring (bicyclic) bond motifs is 1. The summed E-state index contributed by atoms with van der Waals surface area (Å²) in [5.74, 6) is 0. The summed E-state index contributed by atoms with van der Waals surface area (Å²) < 4.78 is 56.6. The molecule has 0 aliphatic rings. The molecule has 0 spiro atoms. The SMILES string of the molecule is Cc1ccc(S(=O)(=O)OCCNS(=O)(=O)c2cccc3cnccc23)cc1. The van der Waals surface area contributed by atoms with E-state index in [4.69, 9.17) is 4.18 Å². The first-order valence-corrected chi connectivity index (χ1v) is 11.0. The Morgan fingerprint density at radius 3 is 2.48 bits per heavy atom. The zero-order chi connectivity index (χ0) is 19.5. The fourth-order valence-corrected chi connectivity index (χ4v) is 4.65. The van der Waals surface area contributed by atoms with Crippen molar-refractivity contribution in [2.75, 3.05) is 13.2 Å². The predicted octanol–water partition coefficient (Wildman–Crippen LogP) is 2.23. The molecule has 1 N–H and O–H groups in total. The maximum atomic E-state index is 12.5. The van der Waals surface area contributed by atoms with E-state index in [1.54, 1.807) is 36.5 Å². The first kappa shape index (κ1) is 19.4. The van der Waals surface area contributed by atoms with Gasteiger partial charge in [0.2, 0.25) is 10.0 Å². The van der Waals surface area contributed by atoms with Crippen molar-refractivity contribution in [3.8, 4) is 0 Å². The fourth-order valence-electron chi connectivity index (χ4n) is 2.51. The molecule has 0 unspecified atom stereocenters. The Labute approximate surface area is 158 Å². The molecule has 9 heteroatoms. The third-order valence-corrected chi connectivity index (χ3v) is 6.72. The number of hydrogen-bond acceptors (Lipinski definition) is 6. The van der Waals surface area contributed by atoms with Crippen LogP contribution in [0.25, 0.3) is 10.8 Å². The summed E-state index contributed by atoms with van der Waals surface area (Å²) in [7, 11) is -7.76. The van der Waals surface area contributed by atoms with E-state index in [0.29, 0.717) is 10.8 Å². The minimum atomic E-state index is -3.94. The summed E-state index contributed by atoms with van der Waals surface area (Å²) >= 11 is 0. The average Bonchev–Trinajstić information content (AvgIpc) is 2.65. The predicted molar refractivity (Wildman–Crippen MR) is 101 cm³/mol. The minimum absolute atomic E-state index is 0.0255. The first-order valence-electron chi connectivity index (χ1n) is 8.08. The van der Waals surface area contributed by atoms with Gasteiger partial charge in [-0.15, -0.1) is 0 Å². The molecular formula is C18H18N2O5S2. The van der Waals surface area contributed by atoms with Gasteiger partial charge in [0.15, 0.2) is 0 Å². The van der Waals surface area contributed by atoms with Crippen molar-refractivity contribution in [2.45, 2.75) is 16.7 Å². The van der Waals surface area contributed by atoms with Crippen LogP contribution in [0.1, 0.15) is 5.56 Å². The molecule has 27 heavy (non-hydrogen) atoms. The van der Waals surface area contributed by atoms with E-state index >= 15 is 0 Å². The van der Waals surface area contributed by atoms with Gasteiger partial charge in [0.1, 0.15) is 0 Å². The van der Waals surface area contributed by atoms with Gasteiger partial charge in [0.25, 0.3) is 10.1 Å². The van der Waals surface area contributed by atoms with E-state index in [9.17, 15) is 16.8 Å². The Balaban J connectivity index is 1.67. The highest BCUT2D eigenvalue weighted by molar-refractivity contribution is 7.89. The Bertz CT molecular complexity index is 1150. The quantitative estimate of drug-likeness (QED) is 0.477. The van der Waals surface area contributed by atoms with Gasteiger partial charge in [0.05, 0.1) is 16.4 Å². The Morgan fingerprint density at radius 1 is 1.00 bits per heavy atom. The number of hydrogen-bond donors (Lipinski definition) is 1. The van der Waals surface area contributed by atoms with Crippen LogP contribution >= 0.6 is 0 Å². The Kier molecular flexibility index (Phi) is 5.56. The average molecular weight is 406 g/mol. The highest BCUT2D eigenvalue weighted by atomic mass is 32.2. The van der Waals surface area contributed by atoms with E-state index in [0.717, 1.165) is 5.56 Å². The molecule has 0 atom stereocenters. The van der Waals surface area contributed by atoms with Crippen LogP contribution in [0.15, 0.2) is 70.7 Å². The van der Waals surface area contributed by atoms with E-state index in [1.807, 2.05) is 6.92 Å². The largest absolute Gasteiger partial charge is 0.297 e. The lowest BCUT2D eigenvalue weighted by Crippen LogP contribution is -2.28. The minimum Gasteiger partial charge on any atom is -0.265 e. The molecule has 0 aliphatic carbocycles. The third kappa shape index (κ3) is 4.51. The van der Waals surface area contributed by atoms with E-state index in [1.165, 1.54) is 24.4 Å². The molecule has 1 aromatic heterocycles. The second kappa shape index (κ2) is 7.73. The van der Waals surface area contributed by atoms with Gasteiger partial charge in [-0.25, -0.2) is 13.1 Å². The Morgan fingerprint density at radius 2 is 1.74 bits per heavy atom. The molecule has 142 valence electrons. The van der Waals surface area contributed by atoms with Gasteiger partial charge in [-0.1, -0.05) is 29.8 Å². The van der Waals surface area contributed by atoms with Crippen LogP contribution in [-0.4, -0.2) is 35.0 Å². The highest BCUT2D eigenvalue weighted by Crippen LogP contribution is 2.21. The molecule has 0 saturated heterocycles. The van der Waals surface area contributed by atoms with Crippen molar-refractivity contribution in [3.63, 3.8) is 0 Å². The van der Waals surface area contributed by atoms with Gasteiger partial charge < -0.3 is 0 Å². The van der Waals surface area contributed by atoms with Gasteiger partial charge in [-0.3, -0.25) is 9.17 Å². The maximum Gasteiger partial charge on any atom is 0.297 e. The van der Waals surface area contributed by atoms with Gasteiger partial charge >= 0.3 is 0 Å². The summed E-state index contributed by atoms with van der Waals surface area (Å²) in [5, 5.41) is 1.23. The molecule has 7 nitrogen and oxygen atoms in total. The van der Waals surface area contributed by atoms with Crippen LogP contribution in [0.4, 0.5) is 0 Å². The lowest BCUT2D eigenvalue weighted by Gasteiger charge is -2.10. The number of aryl methyl sites for hydroxylation is 1. The van der Waals surface area contributed by atoms with Crippen molar-refractivity contribution < 1.29 is 21.0 Å². The summed E-state index contributed by atoms with van der Waals surface area (Å²) in [6.45, 7) is 1.34. The highest BCUT2D eigenvalue weighted by Gasteiger charge is 2.18. The van der Waals surface area contributed by atoms with E-state index in [2.05, 4.69) is 9.71 Å². The number of pyridine rings is 1. The number of sulfonamides is 1. The van der Waals surface area contributed by atoms with Crippen molar-refractivity contribution >= 4 is 30.9 Å². The molecular weight excluding hydrogens is 388 g/mol. The molecule has 3 aromatic rings. The summed E-state index contributed by atoms with van der Waals surface area (Å²) in [5.41, 5.74) is 0.923. The zero-order valence-electron chi connectivity index (χ0n) is 14.5. The van der Waals surface area contributed by atoms with Crippen molar-refractivity contribution in [3.05, 3.63) is 66.5 Å². The molecule has 0 fully saturated rings. The summed E-state index contributed by atoms with van der Waals surface area (Å²) in [6.07, 6.45) is 3.09. The lowest BCUT2D eigenvalue weighted by molar-refractivity contribution is 0.322. The molecule has 0 amide bonds. The van der Waals surface area contributed by atoms with Crippen LogP contribution in [0, 0.1) is 6.92 Å². The topological polar surface area (TPSA) is 102 Å². The fraction of sp³-hybridized carbons (Fsp3) is 0.167. The molecule has 3 rings (SSSR count). The van der Waals surface area contributed by atoms with Crippen molar-refractivity contribution in [2.24, 2.45) is 0 Å². The standard InChI is InChI=1S/C18H18N2O5S2/c1-14-5-7-16(8-6-14)27(23,24)25-12-11-20-26(21,22)18-4-2-3-15-13-19-10-9-17(15)18/h2-10,13,20H,11-12H2,1H3. The lowest BCUT2D eigenvalue weighted by atomic mass is 10.2. The molecule has 0 bridgehead atoms. The monoisotopic (exact) mass is 406 g/mol. The van der Waals surface area contributed by atoms with Crippen LogP contribution < -0.4 is 4.72 Å². The molecule has 0 aliphatic heterocycles. The van der Waals surface area contributed by atoms with Crippen molar-refractivity contribution in [1.29, 1.82) is 0 Å². The molecule has 2 aromatic carbocycles. The third-order valence-electron chi connectivity index (χ3n) is 3.87. The van der Waals surface area contributed by atoms with Gasteiger partial charge in [-0.2, -0.15) is 8.42 Å². The van der Waals surface area contributed by atoms with Crippen LogP contribution in [0.3, 0.4) is 0 Å². The second-order valence-electron chi connectivity index (χ2n) is 5.84. The van der Waals surface area contributed by atoms with Gasteiger partial charge in [-0.05, 0) is 31.2 Å². The Hall–Kier alpha value is -2.33. The smallest absolute Gasteiger partial charge is 0.265 e. The van der Waals surface area contributed by atoms with Crippen LogP contribution in [-0.2, 0) is 24.3 Å². The van der Waals surface area contributed by atoms with Gasteiger partial charge in [0, 0.05) is 29.7 Å².